The summed E-state index contributed by atoms with van der Waals surface area (Å²) in [6.07, 6.45) is 5.63. The van der Waals surface area contributed by atoms with Crippen molar-refractivity contribution >= 4 is 11.5 Å². The van der Waals surface area contributed by atoms with Crippen molar-refractivity contribution in [3.63, 3.8) is 0 Å². The first-order valence-corrected chi connectivity index (χ1v) is 6.43. The van der Waals surface area contributed by atoms with Crippen molar-refractivity contribution in [2.45, 2.75) is 38.5 Å². The molecule has 18 heavy (non-hydrogen) atoms. The molecule has 1 aliphatic carbocycles. The molecule has 0 radical (unpaired) electrons. The number of non-ortho nitro benzene ring substituents is 1. The first-order chi connectivity index (χ1) is 8.66. The summed E-state index contributed by atoms with van der Waals surface area (Å²) in [7, 11) is 0. The zero-order valence-electron chi connectivity index (χ0n) is 10.3. The SMILES string of the molecule is O=C1CCCCCC1Cc1ccc([N+](=O)[O-])cc1. The Morgan fingerprint density at radius 1 is 1.17 bits per heavy atom. The molecule has 2 rings (SSSR count). The van der Waals surface area contributed by atoms with E-state index in [2.05, 4.69) is 0 Å². The van der Waals surface area contributed by atoms with E-state index in [0.717, 1.165) is 37.7 Å². The lowest BCUT2D eigenvalue weighted by Crippen LogP contribution is -2.15. The molecule has 1 aromatic rings. The van der Waals surface area contributed by atoms with Crippen LogP contribution in [0, 0.1) is 16.0 Å². The molecule has 1 saturated carbocycles. The number of nitrogens with zero attached hydrogens (tertiary/aromatic N) is 1. The molecule has 0 saturated heterocycles. The van der Waals surface area contributed by atoms with Gasteiger partial charge in [0.25, 0.3) is 5.69 Å². The molecule has 0 bridgehead atoms. The van der Waals surface area contributed by atoms with Crippen molar-refractivity contribution in [2.75, 3.05) is 0 Å². The largest absolute Gasteiger partial charge is 0.299 e. The predicted octanol–water partition coefficient (Wildman–Crippen LogP) is 3.29. The quantitative estimate of drug-likeness (QED) is 0.468. The minimum absolute atomic E-state index is 0.103. The molecule has 4 nitrogen and oxygen atoms in total. The summed E-state index contributed by atoms with van der Waals surface area (Å²) >= 11 is 0. The predicted molar refractivity (Wildman–Crippen MR) is 68.4 cm³/mol. The highest BCUT2D eigenvalue weighted by molar-refractivity contribution is 5.81. The molecule has 1 aliphatic rings. The van der Waals surface area contributed by atoms with E-state index in [4.69, 9.17) is 0 Å². The molecule has 0 spiro atoms. The average molecular weight is 247 g/mol. The zero-order valence-corrected chi connectivity index (χ0v) is 10.3. The van der Waals surface area contributed by atoms with Gasteiger partial charge in [-0.2, -0.15) is 0 Å². The molecule has 0 heterocycles. The summed E-state index contributed by atoms with van der Waals surface area (Å²) in [4.78, 5) is 22.0. The van der Waals surface area contributed by atoms with Crippen LogP contribution in [0.2, 0.25) is 0 Å². The number of hydrogen-bond acceptors (Lipinski definition) is 3. The third-order valence-corrected chi connectivity index (χ3v) is 3.56. The number of Topliss-reactive ketones (excluding diaryl/α,β-unsaturated/α-hetero) is 1. The molecular formula is C14H17NO3. The minimum Gasteiger partial charge on any atom is -0.299 e. The van der Waals surface area contributed by atoms with Crippen molar-refractivity contribution in [1.29, 1.82) is 0 Å². The molecule has 1 aromatic carbocycles. The Hall–Kier alpha value is -1.71. The smallest absolute Gasteiger partial charge is 0.269 e. The van der Waals surface area contributed by atoms with Crippen LogP contribution >= 0.6 is 0 Å². The van der Waals surface area contributed by atoms with Crippen molar-refractivity contribution in [2.24, 2.45) is 5.92 Å². The molecule has 4 heteroatoms. The molecule has 0 amide bonds. The Balaban J connectivity index is 2.03. The number of ketones is 1. The van der Waals surface area contributed by atoms with Crippen LogP contribution in [0.4, 0.5) is 5.69 Å². The Kier molecular flexibility index (Phi) is 4.07. The summed E-state index contributed by atoms with van der Waals surface area (Å²) in [5.41, 5.74) is 1.12. The van der Waals surface area contributed by atoms with Gasteiger partial charge in [0, 0.05) is 24.5 Å². The average Bonchev–Trinajstić information content (AvgIpc) is 2.56. The van der Waals surface area contributed by atoms with Crippen LogP contribution in [0.25, 0.3) is 0 Å². The summed E-state index contributed by atoms with van der Waals surface area (Å²) in [5, 5.41) is 10.6. The lowest BCUT2D eigenvalue weighted by atomic mass is 9.91. The molecule has 96 valence electrons. The number of nitro benzene ring substituents is 1. The Bertz CT molecular complexity index is 439. The van der Waals surface area contributed by atoms with Crippen LogP contribution in [-0.2, 0) is 11.2 Å². The lowest BCUT2D eigenvalue weighted by molar-refractivity contribution is -0.384. The first-order valence-electron chi connectivity index (χ1n) is 6.43. The van der Waals surface area contributed by atoms with Gasteiger partial charge in [-0.25, -0.2) is 0 Å². The van der Waals surface area contributed by atoms with Gasteiger partial charge in [0.05, 0.1) is 4.92 Å². The first kappa shape index (κ1) is 12.7. The third-order valence-electron chi connectivity index (χ3n) is 3.56. The number of benzene rings is 1. The van der Waals surface area contributed by atoms with Crippen molar-refractivity contribution < 1.29 is 9.72 Å². The fourth-order valence-electron chi connectivity index (χ4n) is 2.49. The van der Waals surface area contributed by atoms with E-state index in [1.807, 2.05) is 0 Å². The summed E-state index contributed by atoms with van der Waals surface area (Å²) in [5.74, 6) is 0.458. The number of rotatable bonds is 3. The second-order valence-corrected chi connectivity index (χ2v) is 4.89. The monoisotopic (exact) mass is 247 g/mol. The van der Waals surface area contributed by atoms with Crippen molar-refractivity contribution in [3.8, 4) is 0 Å². The second kappa shape index (κ2) is 5.76. The van der Waals surface area contributed by atoms with Crippen LogP contribution in [0.5, 0.6) is 0 Å². The highest BCUT2D eigenvalue weighted by Crippen LogP contribution is 2.24. The molecule has 1 atom stereocenters. The van der Waals surface area contributed by atoms with Crippen LogP contribution in [-0.4, -0.2) is 10.7 Å². The molecular weight excluding hydrogens is 230 g/mol. The Morgan fingerprint density at radius 2 is 1.89 bits per heavy atom. The van der Waals surface area contributed by atoms with Crippen molar-refractivity contribution in [1.82, 2.24) is 0 Å². The van der Waals surface area contributed by atoms with Crippen LogP contribution in [0.1, 0.15) is 37.7 Å². The minimum atomic E-state index is -0.402. The maximum absolute atomic E-state index is 11.9. The van der Waals surface area contributed by atoms with E-state index in [9.17, 15) is 14.9 Å². The molecule has 0 N–H and O–H groups in total. The topological polar surface area (TPSA) is 60.2 Å². The summed E-state index contributed by atoms with van der Waals surface area (Å²) in [6, 6.07) is 6.54. The fourth-order valence-corrected chi connectivity index (χ4v) is 2.49. The Morgan fingerprint density at radius 3 is 2.56 bits per heavy atom. The van der Waals surface area contributed by atoms with Gasteiger partial charge in [-0.3, -0.25) is 14.9 Å². The van der Waals surface area contributed by atoms with Gasteiger partial charge >= 0.3 is 0 Å². The number of hydrogen-bond donors (Lipinski definition) is 0. The van der Waals surface area contributed by atoms with E-state index in [1.165, 1.54) is 12.1 Å². The third kappa shape index (κ3) is 3.15. The fraction of sp³-hybridized carbons (Fsp3) is 0.500. The van der Waals surface area contributed by atoms with Gasteiger partial charge in [0.1, 0.15) is 5.78 Å². The highest BCUT2D eigenvalue weighted by Gasteiger charge is 2.21. The van der Waals surface area contributed by atoms with Gasteiger partial charge in [0.15, 0.2) is 0 Å². The Labute approximate surface area is 106 Å². The normalized spacial score (nSPS) is 20.4. The van der Waals surface area contributed by atoms with Gasteiger partial charge in [-0.15, -0.1) is 0 Å². The highest BCUT2D eigenvalue weighted by atomic mass is 16.6. The summed E-state index contributed by atoms with van der Waals surface area (Å²) < 4.78 is 0. The summed E-state index contributed by atoms with van der Waals surface area (Å²) in [6.45, 7) is 0. The van der Waals surface area contributed by atoms with E-state index in [1.54, 1.807) is 12.1 Å². The van der Waals surface area contributed by atoms with Crippen LogP contribution < -0.4 is 0 Å². The standard InChI is InChI=1S/C14H17NO3/c16-14-5-3-1-2-4-12(14)10-11-6-8-13(9-7-11)15(17)18/h6-9,12H,1-5,10H2. The number of nitro groups is 1. The van der Waals surface area contributed by atoms with Crippen LogP contribution in [0.15, 0.2) is 24.3 Å². The van der Waals surface area contributed by atoms with Gasteiger partial charge in [-0.1, -0.05) is 25.0 Å². The van der Waals surface area contributed by atoms with Gasteiger partial charge < -0.3 is 0 Å². The van der Waals surface area contributed by atoms with Gasteiger partial charge in [0.2, 0.25) is 0 Å². The van der Waals surface area contributed by atoms with Gasteiger partial charge in [-0.05, 0) is 24.8 Å². The maximum atomic E-state index is 11.9. The molecule has 1 unspecified atom stereocenters. The lowest BCUT2D eigenvalue weighted by Gasteiger charge is -2.12. The second-order valence-electron chi connectivity index (χ2n) is 4.89. The molecule has 0 aliphatic heterocycles. The van der Waals surface area contributed by atoms with E-state index < -0.39 is 4.92 Å². The van der Waals surface area contributed by atoms with E-state index >= 15 is 0 Å². The molecule has 0 aromatic heterocycles. The van der Waals surface area contributed by atoms with Crippen LogP contribution in [0.3, 0.4) is 0 Å². The van der Waals surface area contributed by atoms with E-state index in [0.29, 0.717) is 12.2 Å². The number of carbonyl (C=O) groups excluding carboxylic acids is 1. The molecule has 1 fully saturated rings. The number of carbonyl (C=O) groups is 1. The maximum Gasteiger partial charge on any atom is 0.269 e. The van der Waals surface area contributed by atoms with E-state index in [-0.39, 0.29) is 11.6 Å². The zero-order chi connectivity index (χ0) is 13.0. The van der Waals surface area contributed by atoms with Crippen molar-refractivity contribution in [3.05, 3.63) is 39.9 Å².